The normalized spacial score (nSPS) is 11.8. The third-order valence-electron chi connectivity index (χ3n) is 2.99. The fourth-order valence-corrected chi connectivity index (χ4v) is 2.10. The van der Waals surface area contributed by atoms with Crippen LogP contribution in [0.5, 0.6) is 0 Å². The minimum atomic E-state index is 0.144. The van der Waals surface area contributed by atoms with Crippen LogP contribution in [0.2, 0.25) is 5.02 Å². The fourth-order valence-electron chi connectivity index (χ4n) is 1.97. The van der Waals surface area contributed by atoms with E-state index in [4.69, 9.17) is 11.6 Å². The topological polar surface area (TPSA) is 46.0 Å². The van der Waals surface area contributed by atoms with Crippen molar-refractivity contribution in [3.8, 4) is 0 Å². The Morgan fingerprint density at radius 2 is 1.75 bits per heavy atom. The summed E-state index contributed by atoms with van der Waals surface area (Å²) in [6, 6.07) is 14.7. The number of hydrogen-bond donors (Lipinski definition) is 1. The van der Waals surface area contributed by atoms with Gasteiger partial charge in [0, 0.05) is 22.0 Å². The Hall–Kier alpha value is -2.39. The summed E-state index contributed by atoms with van der Waals surface area (Å²) >= 11 is 5.83. The van der Waals surface area contributed by atoms with Gasteiger partial charge in [-0.2, -0.15) is 0 Å². The number of nitrogens with zero attached hydrogens (tertiary/aromatic N) is 2. The Balaban J connectivity index is 2.07. The summed E-state index contributed by atoms with van der Waals surface area (Å²) in [5.74, 6) is 0.144. The van der Waals surface area contributed by atoms with Gasteiger partial charge in [0.1, 0.15) is 12.1 Å². The van der Waals surface area contributed by atoms with E-state index in [9.17, 15) is 5.11 Å². The first-order valence-electron chi connectivity index (χ1n) is 6.10. The van der Waals surface area contributed by atoms with Gasteiger partial charge in [-0.1, -0.05) is 29.8 Å². The van der Waals surface area contributed by atoms with Gasteiger partial charge >= 0.3 is 0 Å². The minimum absolute atomic E-state index is 0.144. The SMILES string of the molecule is OC(=Cc1ncnc2ccccc12)c1ccc(Cl)cc1. The Kier molecular flexibility index (Phi) is 3.35. The second-order valence-electron chi connectivity index (χ2n) is 4.31. The number of fused-ring (bicyclic) bond motifs is 1. The van der Waals surface area contributed by atoms with Gasteiger partial charge in [-0.3, -0.25) is 0 Å². The van der Waals surface area contributed by atoms with E-state index in [1.54, 1.807) is 30.3 Å². The van der Waals surface area contributed by atoms with Crippen LogP contribution >= 0.6 is 11.6 Å². The maximum Gasteiger partial charge on any atom is 0.124 e. The molecule has 98 valence electrons. The Labute approximate surface area is 121 Å². The molecule has 0 saturated carbocycles. The number of rotatable bonds is 2. The van der Waals surface area contributed by atoms with Gasteiger partial charge in [0.2, 0.25) is 0 Å². The van der Waals surface area contributed by atoms with Crippen molar-refractivity contribution in [3.05, 3.63) is 71.1 Å². The van der Waals surface area contributed by atoms with Crippen LogP contribution in [0, 0.1) is 0 Å². The molecule has 0 aliphatic carbocycles. The summed E-state index contributed by atoms with van der Waals surface area (Å²) < 4.78 is 0. The molecular weight excluding hydrogens is 272 g/mol. The van der Waals surface area contributed by atoms with Crippen LogP contribution in [0.15, 0.2) is 54.9 Å². The van der Waals surface area contributed by atoms with Crippen molar-refractivity contribution in [3.63, 3.8) is 0 Å². The van der Waals surface area contributed by atoms with E-state index in [1.165, 1.54) is 6.33 Å². The molecule has 0 amide bonds. The number of para-hydroxylation sites is 1. The van der Waals surface area contributed by atoms with Crippen molar-refractivity contribution in [1.82, 2.24) is 9.97 Å². The van der Waals surface area contributed by atoms with Crippen LogP contribution in [0.1, 0.15) is 11.3 Å². The molecule has 3 nitrogen and oxygen atoms in total. The zero-order chi connectivity index (χ0) is 13.9. The number of benzene rings is 2. The van der Waals surface area contributed by atoms with E-state index in [-0.39, 0.29) is 5.76 Å². The van der Waals surface area contributed by atoms with Crippen LogP contribution in [0.3, 0.4) is 0 Å². The van der Waals surface area contributed by atoms with E-state index < -0.39 is 0 Å². The van der Waals surface area contributed by atoms with E-state index >= 15 is 0 Å². The van der Waals surface area contributed by atoms with Gasteiger partial charge < -0.3 is 5.11 Å². The van der Waals surface area contributed by atoms with Gasteiger partial charge in [0.05, 0.1) is 11.2 Å². The minimum Gasteiger partial charge on any atom is -0.507 e. The van der Waals surface area contributed by atoms with Crippen LogP contribution in [0.4, 0.5) is 0 Å². The van der Waals surface area contributed by atoms with Gasteiger partial charge in [-0.15, -0.1) is 0 Å². The molecule has 0 bridgehead atoms. The lowest BCUT2D eigenvalue weighted by molar-refractivity contribution is 0.515. The lowest BCUT2D eigenvalue weighted by Gasteiger charge is -2.03. The Bertz CT molecular complexity index is 777. The van der Waals surface area contributed by atoms with Gasteiger partial charge in [0.15, 0.2) is 0 Å². The highest BCUT2D eigenvalue weighted by Gasteiger charge is 2.04. The third kappa shape index (κ3) is 2.49. The number of aromatic nitrogens is 2. The summed E-state index contributed by atoms with van der Waals surface area (Å²) in [5.41, 5.74) is 2.22. The summed E-state index contributed by atoms with van der Waals surface area (Å²) in [6.07, 6.45) is 3.12. The maximum atomic E-state index is 10.2. The van der Waals surface area contributed by atoms with Crippen molar-refractivity contribution in [2.24, 2.45) is 0 Å². The van der Waals surface area contributed by atoms with Crippen molar-refractivity contribution in [1.29, 1.82) is 0 Å². The molecule has 4 heteroatoms. The maximum absolute atomic E-state index is 10.2. The molecule has 1 aromatic heterocycles. The molecule has 3 aromatic rings. The molecule has 3 rings (SSSR count). The third-order valence-corrected chi connectivity index (χ3v) is 3.24. The molecule has 0 fully saturated rings. The first-order chi connectivity index (χ1) is 9.74. The molecule has 0 unspecified atom stereocenters. The fraction of sp³-hybridized carbons (Fsp3) is 0. The van der Waals surface area contributed by atoms with Gasteiger partial charge in [-0.25, -0.2) is 9.97 Å². The number of aliphatic hydroxyl groups excluding tert-OH is 1. The average Bonchev–Trinajstić information content (AvgIpc) is 2.48. The van der Waals surface area contributed by atoms with Crippen LogP contribution in [-0.4, -0.2) is 15.1 Å². The summed E-state index contributed by atoms with van der Waals surface area (Å²) in [4.78, 5) is 8.41. The van der Waals surface area contributed by atoms with Gasteiger partial charge in [-0.05, 0) is 30.3 Å². The quantitative estimate of drug-likeness (QED) is 0.711. The van der Waals surface area contributed by atoms with Crippen LogP contribution < -0.4 is 0 Å². The molecule has 1 heterocycles. The zero-order valence-electron chi connectivity index (χ0n) is 10.5. The highest BCUT2D eigenvalue weighted by atomic mass is 35.5. The molecule has 0 aliphatic rings. The van der Waals surface area contributed by atoms with E-state index in [0.29, 0.717) is 16.3 Å². The molecule has 0 radical (unpaired) electrons. The van der Waals surface area contributed by atoms with Crippen molar-refractivity contribution in [2.45, 2.75) is 0 Å². The molecule has 0 spiro atoms. The molecule has 0 atom stereocenters. The molecule has 20 heavy (non-hydrogen) atoms. The predicted molar refractivity (Wildman–Crippen MR) is 81.5 cm³/mol. The molecular formula is C16H11ClN2O. The van der Waals surface area contributed by atoms with Crippen molar-refractivity contribution >= 4 is 34.3 Å². The van der Waals surface area contributed by atoms with E-state index in [1.807, 2.05) is 24.3 Å². The second-order valence-corrected chi connectivity index (χ2v) is 4.75. The molecule has 0 aliphatic heterocycles. The molecule has 0 saturated heterocycles. The zero-order valence-corrected chi connectivity index (χ0v) is 11.2. The average molecular weight is 283 g/mol. The monoisotopic (exact) mass is 282 g/mol. The lowest BCUT2D eigenvalue weighted by Crippen LogP contribution is -1.89. The second kappa shape index (κ2) is 5.31. The standard InChI is InChI=1S/C16H11ClN2O/c17-12-7-5-11(6-8-12)16(20)9-15-13-3-1-2-4-14(13)18-10-19-15/h1-10,20H. The first-order valence-corrected chi connectivity index (χ1v) is 6.48. The number of aliphatic hydroxyl groups is 1. The van der Waals surface area contributed by atoms with Crippen LogP contribution in [0.25, 0.3) is 22.7 Å². The Morgan fingerprint density at radius 3 is 2.55 bits per heavy atom. The number of halogens is 1. The van der Waals surface area contributed by atoms with E-state index in [2.05, 4.69) is 9.97 Å². The van der Waals surface area contributed by atoms with Crippen LogP contribution in [-0.2, 0) is 0 Å². The predicted octanol–water partition coefficient (Wildman–Crippen LogP) is 4.34. The van der Waals surface area contributed by atoms with Crippen molar-refractivity contribution < 1.29 is 5.11 Å². The molecule has 1 N–H and O–H groups in total. The Morgan fingerprint density at radius 1 is 1.00 bits per heavy atom. The molecule has 2 aromatic carbocycles. The van der Waals surface area contributed by atoms with Gasteiger partial charge in [0.25, 0.3) is 0 Å². The van der Waals surface area contributed by atoms with E-state index in [0.717, 1.165) is 10.9 Å². The highest BCUT2D eigenvalue weighted by Crippen LogP contribution is 2.21. The van der Waals surface area contributed by atoms with Crippen molar-refractivity contribution in [2.75, 3.05) is 0 Å². The summed E-state index contributed by atoms with van der Waals surface area (Å²) in [6.45, 7) is 0. The summed E-state index contributed by atoms with van der Waals surface area (Å²) in [5, 5.41) is 11.7. The first kappa shape index (κ1) is 12.6. The summed E-state index contributed by atoms with van der Waals surface area (Å²) in [7, 11) is 0. The highest BCUT2D eigenvalue weighted by molar-refractivity contribution is 6.30. The largest absolute Gasteiger partial charge is 0.507 e. The lowest BCUT2D eigenvalue weighted by atomic mass is 10.1. The smallest absolute Gasteiger partial charge is 0.124 e. The number of hydrogen-bond acceptors (Lipinski definition) is 3.